The number of hydrogen-bond acceptors (Lipinski definition) is 9. The first kappa shape index (κ1) is 26.6. The van der Waals surface area contributed by atoms with Gasteiger partial charge < -0.3 is 25.8 Å². The van der Waals surface area contributed by atoms with Gasteiger partial charge in [0.2, 0.25) is 5.91 Å². The van der Waals surface area contributed by atoms with Gasteiger partial charge in [-0.05, 0) is 38.2 Å². The quantitative estimate of drug-likeness (QED) is 0.425. The van der Waals surface area contributed by atoms with Crippen molar-refractivity contribution in [1.29, 1.82) is 5.26 Å². The SMILES string of the molecule is C1CCOCC1.COc1c(Nc2cc(NC(=O)C3CC3)nnc2C(N)=O)cccc1-c1cn(C)nc1C#N. The molecule has 38 heavy (non-hydrogen) atoms. The van der Waals surface area contributed by atoms with Crippen LogP contribution in [-0.2, 0) is 16.6 Å². The summed E-state index contributed by atoms with van der Waals surface area (Å²) in [5, 5.41) is 27.1. The molecule has 0 atom stereocenters. The molecular weight excluding hydrogens is 488 g/mol. The van der Waals surface area contributed by atoms with E-state index in [1.54, 1.807) is 36.1 Å². The summed E-state index contributed by atoms with van der Waals surface area (Å²) in [7, 11) is 3.21. The van der Waals surface area contributed by atoms with Gasteiger partial charge in [0.1, 0.15) is 11.8 Å². The molecule has 0 unspecified atom stereocenters. The van der Waals surface area contributed by atoms with Crippen molar-refractivity contribution in [3.63, 3.8) is 0 Å². The van der Waals surface area contributed by atoms with E-state index in [0.717, 1.165) is 26.1 Å². The number of ether oxygens (including phenoxy) is 2. The van der Waals surface area contributed by atoms with Gasteiger partial charge in [0.05, 0.1) is 18.5 Å². The normalized spacial score (nSPS) is 14.4. The standard InChI is InChI=1S/C21H20N8O3.C5H10O/c1-29-10-13(16(9-22)28-29)12-4-3-5-14(19(12)32-2)24-15-8-17(25-21(31)11-6-7-11)26-27-18(15)20(23)30;1-2-4-6-5-3-1/h3-5,8,10-11H,6-7H2,1-2H3,(H2,23,30)(H2,24,25,26,31);1-5H2. The molecule has 0 radical (unpaired) electrons. The number of primary amides is 1. The summed E-state index contributed by atoms with van der Waals surface area (Å²) in [6.07, 6.45) is 7.33. The predicted octanol–water partition coefficient (Wildman–Crippen LogP) is 3.14. The van der Waals surface area contributed by atoms with Gasteiger partial charge in [0.15, 0.2) is 17.2 Å². The Labute approximate surface area is 220 Å². The van der Waals surface area contributed by atoms with Gasteiger partial charge in [0, 0.05) is 49.6 Å². The molecule has 0 bridgehead atoms. The molecular formula is C26H30N8O4. The zero-order valence-corrected chi connectivity index (χ0v) is 21.4. The van der Waals surface area contributed by atoms with Crippen molar-refractivity contribution in [2.24, 2.45) is 18.7 Å². The lowest BCUT2D eigenvalue weighted by Gasteiger charge is -2.16. The number of aryl methyl sites for hydroxylation is 1. The van der Waals surface area contributed by atoms with E-state index in [9.17, 15) is 14.9 Å². The molecule has 3 aromatic rings. The molecule has 12 nitrogen and oxygen atoms in total. The minimum absolute atomic E-state index is 0.0189. The second-order valence-corrected chi connectivity index (χ2v) is 8.98. The smallest absolute Gasteiger partial charge is 0.271 e. The zero-order chi connectivity index (χ0) is 27.1. The van der Waals surface area contributed by atoms with Crippen molar-refractivity contribution in [3.05, 3.63) is 41.9 Å². The van der Waals surface area contributed by atoms with E-state index in [2.05, 4.69) is 32.0 Å². The van der Waals surface area contributed by atoms with Crippen LogP contribution in [0.25, 0.3) is 11.1 Å². The number of nitrogens with one attached hydrogen (secondary N) is 2. The van der Waals surface area contributed by atoms with Crippen LogP contribution in [-0.4, -0.2) is 52.1 Å². The maximum Gasteiger partial charge on any atom is 0.271 e. The molecule has 4 N–H and O–H groups in total. The van der Waals surface area contributed by atoms with Crippen molar-refractivity contribution >= 4 is 29.0 Å². The van der Waals surface area contributed by atoms with Crippen LogP contribution in [0.3, 0.4) is 0 Å². The van der Waals surface area contributed by atoms with Crippen molar-refractivity contribution < 1.29 is 19.1 Å². The number of rotatable bonds is 7. The van der Waals surface area contributed by atoms with Crippen LogP contribution in [0.1, 0.15) is 48.3 Å². The summed E-state index contributed by atoms with van der Waals surface area (Å²) < 4.78 is 12.2. The number of carbonyl (C=O) groups is 2. The Balaban J connectivity index is 0.000000494. The summed E-state index contributed by atoms with van der Waals surface area (Å²) >= 11 is 0. The van der Waals surface area contributed by atoms with Crippen molar-refractivity contribution in [2.45, 2.75) is 32.1 Å². The summed E-state index contributed by atoms with van der Waals surface area (Å²) in [5.41, 5.74) is 7.58. The predicted molar refractivity (Wildman–Crippen MR) is 140 cm³/mol. The third kappa shape index (κ3) is 6.43. The molecule has 3 heterocycles. The Hall–Kier alpha value is -4.50. The Bertz CT molecular complexity index is 1340. The maximum absolute atomic E-state index is 12.1. The van der Waals surface area contributed by atoms with Crippen molar-refractivity contribution in [3.8, 4) is 22.9 Å². The highest BCUT2D eigenvalue weighted by Crippen LogP contribution is 2.39. The first-order valence-electron chi connectivity index (χ1n) is 12.4. The van der Waals surface area contributed by atoms with Crippen LogP contribution < -0.4 is 21.1 Å². The molecule has 1 saturated heterocycles. The van der Waals surface area contributed by atoms with E-state index in [1.807, 2.05) is 0 Å². The van der Waals surface area contributed by atoms with E-state index in [-0.39, 0.29) is 34.7 Å². The first-order chi connectivity index (χ1) is 18.4. The largest absolute Gasteiger partial charge is 0.494 e. The van der Waals surface area contributed by atoms with Crippen LogP contribution in [0.4, 0.5) is 17.2 Å². The second kappa shape index (κ2) is 12.2. The third-order valence-corrected chi connectivity index (χ3v) is 6.02. The van der Waals surface area contributed by atoms with Gasteiger partial charge in [-0.2, -0.15) is 10.4 Å². The minimum Gasteiger partial charge on any atom is -0.494 e. The fourth-order valence-electron chi connectivity index (χ4n) is 3.97. The van der Waals surface area contributed by atoms with Crippen LogP contribution in [0, 0.1) is 17.2 Å². The number of amides is 2. The highest BCUT2D eigenvalue weighted by molar-refractivity contribution is 5.99. The average molecular weight is 519 g/mol. The number of nitrogens with zero attached hydrogens (tertiary/aromatic N) is 5. The number of benzene rings is 1. The molecule has 2 aliphatic rings. The maximum atomic E-state index is 12.1. The molecule has 198 valence electrons. The van der Waals surface area contributed by atoms with Crippen LogP contribution in [0.15, 0.2) is 30.5 Å². The fraction of sp³-hybridized carbons (Fsp3) is 0.385. The number of para-hydroxylation sites is 1. The monoisotopic (exact) mass is 518 g/mol. The number of anilines is 3. The molecule has 5 rings (SSSR count). The fourth-order valence-corrected chi connectivity index (χ4v) is 3.97. The van der Waals surface area contributed by atoms with Crippen molar-refractivity contribution in [2.75, 3.05) is 31.0 Å². The highest BCUT2D eigenvalue weighted by Gasteiger charge is 2.30. The van der Waals surface area contributed by atoms with E-state index in [0.29, 0.717) is 22.6 Å². The van der Waals surface area contributed by atoms with Gasteiger partial charge in [0.25, 0.3) is 5.91 Å². The van der Waals surface area contributed by atoms with E-state index >= 15 is 0 Å². The zero-order valence-electron chi connectivity index (χ0n) is 21.4. The Morgan fingerprint density at radius 3 is 2.50 bits per heavy atom. The molecule has 2 fully saturated rings. The summed E-state index contributed by atoms with van der Waals surface area (Å²) in [5.74, 6) is -0.322. The van der Waals surface area contributed by atoms with Gasteiger partial charge in [-0.1, -0.05) is 12.1 Å². The molecule has 0 spiro atoms. The number of carbonyl (C=O) groups excluding carboxylic acids is 2. The lowest BCUT2D eigenvalue weighted by Crippen LogP contribution is -2.19. The van der Waals surface area contributed by atoms with Crippen LogP contribution in [0.5, 0.6) is 5.75 Å². The minimum atomic E-state index is -0.783. The van der Waals surface area contributed by atoms with Gasteiger partial charge in [-0.15, -0.1) is 10.2 Å². The Kier molecular flexibility index (Phi) is 8.50. The van der Waals surface area contributed by atoms with E-state index < -0.39 is 5.91 Å². The Morgan fingerprint density at radius 1 is 1.16 bits per heavy atom. The molecule has 12 heteroatoms. The molecule has 1 aliphatic carbocycles. The van der Waals surface area contributed by atoms with Crippen LogP contribution in [0.2, 0.25) is 0 Å². The molecule has 1 saturated carbocycles. The lowest BCUT2D eigenvalue weighted by atomic mass is 10.0. The van der Waals surface area contributed by atoms with Crippen molar-refractivity contribution in [1.82, 2.24) is 20.0 Å². The molecule has 1 aromatic carbocycles. The molecule has 1 aliphatic heterocycles. The third-order valence-electron chi connectivity index (χ3n) is 6.02. The number of aromatic nitrogens is 4. The highest BCUT2D eigenvalue weighted by atomic mass is 16.5. The van der Waals surface area contributed by atoms with E-state index in [1.165, 1.54) is 32.4 Å². The van der Waals surface area contributed by atoms with Gasteiger partial charge in [-0.25, -0.2) is 0 Å². The Morgan fingerprint density at radius 2 is 1.92 bits per heavy atom. The summed E-state index contributed by atoms with van der Waals surface area (Å²) in [6.45, 7) is 2.00. The van der Waals surface area contributed by atoms with E-state index in [4.69, 9.17) is 15.2 Å². The number of nitrogens with two attached hydrogens (primary N) is 1. The van der Waals surface area contributed by atoms with Crippen LogP contribution >= 0.6 is 0 Å². The second-order valence-electron chi connectivity index (χ2n) is 8.98. The van der Waals surface area contributed by atoms with Gasteiger partial charge >= 0.3 is 0 Å². The molecule has 2 aromatic heterocycles. The topological polar surface area (TPSA) is 170 Å². The number of methoxy groups -OCH3 is 1. The summed E-state index contributed by atoms with van der Waals surface area (Å²) in [4.78, 5) is 24.0. The first-order valence-corrected chi connectivity index (χ1v) is 12.4. The lowest BCUT2D eigenvalue weighted by molar-refractivity contribution is -0.117. The number of nitriles is 1. The summed E-state index contributed by atoms with van der Waals surface area (Å²) in [6, 6.07) is 8.86. The number of hydrogen-bond donors (Lipinski definition) is 3. The van der Waals surface area contributed by atoms with Gasteiger partial charge in [-0.3, -0.25) is 14.3 Å². The average Bonchev–Trinajstić information content (AvgIpc) is 3.71. The molecule has 2 amide bonds.